The fraction of sp³-hybridized carbons (Fsp3) is 0.300. The number of hydrogen-bond acceptors (Lipinski definition) is 2. The standard InChI is InChI=1S/C8H7BrO2.C2H6/c1-11-7-2-3-8(9)6(4-7)5-10;1-2/h2-5H,1H3;1-2H3. The van der Waals surface area contributed by atoms with Crippen molar-refractivity contribution < 1.29 is 9.53 Å². The number of aldehydes is 1. The number of rotatable bonds is 2. The summed E-state index contributed by atoms with van der Waals surface area (Å²) in [6, 6.07) is 5.25. The highest BCUT2D eigenvalue weighted by Gasteiger charge is 1.98. The van der Waals surface area contributed by atoms with E-state index in [-0.39, 0.29) is 0 Å². The van der Waals surface area contributed by atoms with E-state index in [4.69, 9.17) is 4.74 Å². The molecule has 0 unspecified atom stereocenters. The third-order valence-corrected chi connectivity index (χ3v) is 2.05. The average molecular weight is 245 g/mol. The first kappa shape index (κ1) is 12.2. The molecule has 0 bridgehead atoms. The van der Waals surface area contributed by atoms with Gasteiger partial charge in [-0.1, -0.05) is 29.8 Å². The Kier molecular flexibility index (Phi) is 6.24. The highest BCUT2D eigenvalue weighted by atomic mass is 79.9. The summed E-state index contributed by atoms with van der Waals surface area (Å²) in [6.45, 7) is 4.00. The van der Waals surface area contributed by atoms with E-state index in [2.05, 4.69) is 15.9 Å². The van der Waals surface area contributed by atoms with Gasteiger partial charge in [0.1, 0.15) is 5.75 Å². The predicted octanol–water partition coefficient (Wildman–Crippen LogP) is 3.30. The molecule has 13 heavy (non-hydrogen) atoms. The van der Waals surface area contributed by atoms with Gasteiger partial charge >= 0.3 is 0 Å². The average Bonchev–Trinajstić information content (AvgIpc) is 2.22. The van der Waals surface area contributed by atoms with Gasteiger partial charge < -0.3 is 4.74 Å². The molecule has 1 aromatic carbocycles. The van der Waals surface area contributed by atoms with Crippen LogP contribution in [0.5, 0.6) is 5.75 Å². The van der Waals surface area contributed by atoms with Crippen LogP contribution in [0.2, 0.25) is 0 Å². The summed E-state index contributed by atoms with van der Waals surface area (Å²) in [7, 11) is 1.57. The molecule has 0 radical (unpaired) electrons. The zero-order valence-electron chi connectivity index (χ0n) is 8.00. The molecular formula is C10H13BrO2. The normalized spacial score (nSPS) is 8.31. The van der Waals surface area contributed by atoms with E-state index < -0.39 is 0 Å². The molecule has 0 heterocycles. The third kappa shape index (κ3) is 3.59. The fourth-order valence-electron chi connectivity index (χ4n) is 0.739. The van der Waals surface area contributed by atoms with Gasteiger partial charge in [-0.25, -0.2) is 0 Å². The number of methoxy groups -OCH3 is 1. The summed E-state index contributed by atoms with van der Waals surface area (Å²) >= 11 is 3.23. The summed E-state index contributed by atoms with van der Waals surface area (Å²) in [5.41, 5.74) is 0.601. The topological polar surface area (TPSA) is 26.3 Å². The molecule has 0 aliphatic carbocycles. The Hall–Kier alpha value is -0.830. The van der Waals surface area contributed by atoms with E-state index in [9.17, 15) is 4.79 Å². The maximum absolute atomic E-state index is 10.4. The van der Waals surface area contributed by atoms with Crippen molar-refractivity contribution in [1.29, 1.82) is 0 Å². The Balaban J connectivity index is 0.000000671. The van der Waals surface area contributed by atoms with Crippen LogP contribution in [0, 0.1) is 0 Å². The van der Waals surface area contributed by atoms with Crippen molar-refractivity contribution in [2.45, 2.75) is 13.8 Å². The van der Waals surface area contributed by atoms with Crippen LogP contribution in [0.1, 0.15) is 24.2 Å². The Morgan fingerprint density at radius 1 is 1.38 bits per heavy atom. The molecule has 0 saturated heterocycles. The van der Waals surface area contributed by atoms with Gasteiger partial charge in [-0.2, -0.15) is 0 Å². The zero-order chi connectivity index (χ0) is 10.3. The highest BCUT2D eigenvalue weighted by Crippen LogP contribution is 2.20. The number of halogens is 1. The molecule has 0 aromatic heterocycles. The lowest BCUT2D eigenvalue weighted by molar-refractivity contribution is 0.112. The summed E-state index contributed by atoms with van der Waals surface area (Å²) in [5, 5.41) is 0. The van der Waals surface area contributed by atoms with Gasteiger partial charge in [0.05, 0.1) is 7.11 Å². The Bertz CT molecular complexity index is 272. The lowest BCUT2D eigenvalue weighted by Gasteiger charge is -2.00. The van der Waals surface area contributed by atoms with Gasteiger partial charge in [-0.15, -0.1) is 0 Å². The van der Waals surface area contributed by atoms with E-state index in [0.717, 1.165) is 10.8 Å². The molecular weight excluding hydrogens is 232 g/mol. The highest BCUT2D eigenvalue weighted by molar-refractivity contribution is 9.10. The molecule has 0 aliphatic heterocycles. The first-order valence-corrected chi connectivity index (χ1v) is 4.86. The summed E-state index contributed by atoms with van der Waals surface area (Å²) in [6.07, 6.45) is 0.784. The van der Waals surface area contributed by atoms with Crippen LogP contribution in [0.25, 0.3) is 0 Å². The van der Waals surface area contributed by atoms with Crippen molar-refractivity contribution in [3.8, 4) is 5.75 Å². The van der Waals surface area contributed by atoms with E-state index in [0.29, 0.717) is 11.3 Å². The van der Waals surface area contributed by atoms with Crippen molar-refractivity contribution in [3.63, 3.8) is 0 Å². The lowest BCUT2D eigenvalue weighted by Crippen LogP contribution is -1.86. The number of ether oxygens (including phenoxy) is 1. The minimum atomic E-state index is 0.601. The van der Waals surface area contributed by atoms with Crippen molar-refractivity contribution in [3.05, 3.63) is 28.2 Å². The molecule has 0 amide bonds. The van der Waals surface area contributed by atoms with Crippen LogP contribution < -0.4 is 4.74 Å². The van der Waals surface area contributed by atoms with Crippen molar-refractivity contribution in [1.82, 2.24) is 0 Å². The second kappa shape index (κ2) is 6.66. The Labute approximate surface area is 87.0 Å². The molecule has 72 valence electrons. The second-order valence-electron chi connectivity index (χ2n) is 2.01. The maximum Gasteiger partial charge on any atom is 0.151 e. The largest absolute Gasteiger partial charge is 0.497 e. The summed E-state index contributed by atoms with van der Waals surface area (Å²) < 4.78 is 5.72. The second-order valence-corrected chi connectivity index (χ2v) is 2.86. The molecule has 0 spiro atoms. The smallest absolute Gasteiger partial charge is 0.151 e. The van der Waals surface area contributed by atoms with E-state index in [1.54, 1.807) is 25.3 Å². The van der Waals surface area contributed by atoms with Gasteiger partial charge in [0.15, 0.2) is 6.29 Å². The minimum Gasteiger partial charge on any atom is -0.497 e. The lowest BCUT2D eigenvalue weighted by atomic mass is 10.2. The Morgan fingerprint density at radius 2 is 2.00 bits per heavy atom. The summed E-state index contributed by atoms with van der Waals surface area (Å²) in [5.74, 6) is 0.690. The van der Waals surface area contributed by atoms with E-state index >= 15 is 0 Å². The van der Waals surface area contributed by atoms with Crippen molar-refractivity contribution >= 4 is 22.2 Å². The molecule has 0 fully saturated rings. The number of hydrogen-bond donors (Lipinski definition) is 0. The maximum atomic E-state index is 10.4. The molecule has 1 rings (SSSR count). The number of carbonyl (C=O) groups is 1. The molecule has 0 atom stereocenters. The molecule has 3 heteroatoms. The van der Waals surface area contributed by atoms with Gasteiger partial charge in [0.2, 0.25) is 0 Å². The van der Waals surface area contributed by atoms with Gasteiger partial charge in [-0.3, -0.25) is 4.79 Å². The van der Waals surface area contributed by atoms with Gasteiger partial charge in [-0.05, 0) is 18.2 Å². The monoisotopic (exact) mass is 244 g/mol. The van der Waals surface area contributed by atoms with Gasteiger partial charge in [0, 0.05) is 10.0 Å². The molecule has 1 aromatic rings. The number of benzene rings is 1. The van der Waals surface area contributed by atoms with Crippen LogP contribution >= 0.6 is 15.9 Å². The van der Waals surface area contributed by atoms with Crippen molar-refractivity contribution in [2.24, 2.45) is 0 Å². The fourth-order valence-corrected chi connectivity index (χ4v) is 1.08. The first-order chi connectivity index (χ1) is 6.27. The quantitative estimate of drug-likeness (QED) is 0.747. The molecule has 0 N–H and O–H groups in total. The first-order valence-electron chi connectivity index (χ1n) is 4.06. The SMILES string of the molecule is CC.COc1ccc(Br)c(C=O)c1. The molecule has 2 nitrogen and oxygen atoms in total. The number of carbonyl (C=O) groups excluding carboxylic acids is 1. The van der Waals surface area contributed by atoms with Crippen LogP contribution in [0.15, 0.2) is 22.7 Å². The Morgan fingerprint density at radius 3 is 2.46 bits per heavy atom. The van der Waals surface area contributed by atoms with Crippen LogP contribution in [0.4, 0.5) is 0 Å². The predicted molar refractivity (Wildman–Crippen MR) is 57.4 cm³/mol. The van der Waals surface area contributed by atoms with Gasteiger partial charge in [0.25, 0.3) is 0 Å². The van der Waals surface area contributed by atoms with Crippen LogP contribution in [-0.2, 0) is 0 Å². The third-order valence-electron chi connectivity index (χ3n) is 1.33. The van der Waals surface area contributed by atoms with Crippen LogP contribution in [-0.4, -0.2) is 13.4 Å². The molecule has 0 aliphatic rings. The van der Waals surface area contributed by atoms with Crippen molar-refractivity contribution in [2.75, 3.05) is 7.11 Å². The van der Waals surface area contributed by atoms with E-state index in [1.165, 1.54) is 0 Å². The minimum absolute atomic E-state index is 0.601. The zero-order valence-corrected chi connectivity index (χ0v) is 9.59. The summed E-state index contributed by atoms with van der Waals surface area (Å²) in [4.78, 5) is 10.4. The van der Waals surface area contributed by atoms with Crippen LogP contribution in [0.3, 0.4) is 0 Å². The van der Waals surface area contributed by atoms with E-state index in [1.807, 2.05) is 13.8 Å². The molecule has 0 saturated carbocycles.